The minimum absolute atomic E-state index is 0.382. The molecule has 3 aromatic rings. The molecule has 0 aromatic heterocycles. The number of anilines is 1. The molecule has 4 rings (SSSR count). The monoisotopic (exact) mass is 443 g/mol. The van der Waals surface area contributed by atoms with E-state index in [0.717, 1.165) is 4.90 Å². The summed E-state index contributed by atoms with van der Waals surface area (Å²) in [6.07, 6.45) is 1.13. The van der Waals surface area contributed by atoms with Gasteiger partial charge in [0.05, 0.1) is 0 Å². The molecule has 3 aromatic carbocycles. The summed E-state index contributed by atoms with van der Waals surface area (Å²) < 4.78 is 5.79. The molecule has 2 N–H and O–H groups in total. The lowest BCUT2D eigenvalue weighted by Gasteiger charge is -2.26. The number of carbonyl (C=O) groups is 3. The van der Waals surface area contributed by atoms with Crippen LogP contribution in [-0.2, 0) is 15.1 Å². The van der Waals surface area contributed by atoms with Crippen LogP contribution in [0.25, 0.3) is 0 Å². The Hall–Kier alpha value is -4.13. The fourth-order valence-electron chi connectivity index (χ4n) is 3.98. The summed E-state index contributed by atoms with van der Waals surface area (Å²) in [6.45, 7) is 1.57. The predicted molar refractivity (Wildman–Crippen MR) is 125 cm³/mol. The summed E-state index contributed by atoms with van der Waals surface area (Å²) in [5, 5.41) is 5.57. The zero-order chi connectivity index (χ0) is 23.3. The zero-order valence-electron chi connectivity index (χ0n) is 18.3. The van der Waals surface area contributed by atoms with Gasteiger partial charge in [0.25, 0.3) is 5.91 Å². The molecule has 0 bridgehead atoms. The van der Waals surface area contributed by atoms with Gasteiger partial charge in [0.15, 0.2) is 0 Å². The van der Waals surface area contributed by atoms with Gasteiger partial charge in [-0.1, -0.05) is 67.9 Å². The van der Waals surface area contributed by atoms with Gasteiger partial charge in [-0.15, -0.1) is 0 Å². The Kier molecular flexibility index (Phi) is 6.40. The fraction of sp³-hybridized carbons (Fsp3) is 0.192. The Labute approximate surface area is 192 Å². The SMILES string of the molecule is CCC[C@@]1(c2ccccc2)NC(=O)N(CC(=O)Nc2cccc(Oc3ccccc3)c2)C1=O. The van der Waals surface area contributed by atoms with E-state index in [9.17, 15) is 14.4 Å². The van der Waals surface area contributed by atoms with Crippen molar-refractivity contribution in [2.45, 2.75) is 25.3 Å². The molecular weight excluding hydrogens is 418 g/mol. The lowest BCUT2D eigenvalue weighted by atomic mass is 9.85. The maximum Gasteiger partial charge on any atom is 0.325 e. The number of amides is 4. The zero-order valence-corrected chi connectivity index (χ0v) is 18.3. The Morgan fingerprint density at radius 1 is 0.939 bits per heavy atom. The molecule has 0 radical (unpaired) electrons. The lowest BCUT2D eigenvalue weighted by Crippen LogP contribution is -2.44. The van der Waals surface area contributed by atoms with Crippen LogP contribution in [-0.4, -0.2) is 29.3 Å². The summed E-state index contributed by atoms with van der Waals surface area (Å²) in [4.78, 5) is 39.7. The highest BCUT2D eigenvalue weighted by Crippen LogP contribution is 2.33. The van der Waals surface area contributed by atoms with Crippen LogP contribution in [0.2, 0.25) is 0 Å². The van der Waals surface area contributed by atoms with E-state index in [2.05, 4.69) is 10.6 Å². The van der Waals surface area contributed by atoms with E-state index in [-0.39, 0.29) is 6.54 Å². The molecule has 1 atom stereocenters. The first kappa shape index (κ1) is 22.1. The minimum Gasteiger partial charge on any atom is -0.457 e. The van der Waals surface area contributed by atoms with Crippen LogP contribution in [0.4, 0.5) is 10.5 Å². The van der Waals surface area contributed by atoms with Crippen molar-refractivity contribution < 1.29 is 19.1 Å². The number of imide groups is 1. The normalized spacial score (nSPS) is 17.5. The smallest absolute Gasteiger partial charge is 0.325 e. The van der Waals surface area contributed by atoms with Gasteiger partial charge < -0.3 is 15.4 Å². The quantitative estimate of drug-likeness (QED) is 0.496. The van der Waals surface area contributed by atoms with Crippen LogP contribution >= 0.6 is 0 Å². The van der Waals surface area contributed by atoms with Crippen molar-refractivity contribution in [2.75, 3.05) is 11.9 Å². The van der Waals surface area contributed by atoms with Crippen molar-refractivity contribution >= 4 is 23.5 Å². The summed E-state index contributed by atoms with van der Waals surface area (Å²) in [6, 6.07) is 24.8. The summed E-state index contributed by atoms with van der Waals surface area (Å²) in [7, 11) is 0. The highest BCUT2D eigenvalue weighted by atomic mass is 16.5. The van der Waals surface area contributed by atoms with E-state index in [0.29, 0.717) is 35.6 Å². The largest absolute Gasteiger partial charge is 0.457 e. The molecule has 0 unspecified atom stereocenters. The van der Waals surface area contributed by atoms with Gasteiger partial charge in [-0.05, 0) is 36.2 Å². The van der Waals surface area contributed by atoms with Crippen molar-refractivity contribution in [3.8, 4) is 11.5 Å². The number of ether oxygens (including phenoxy) is 1. The van der Waals surface area contributed by atoms with Gasteiger partial charge in [-0.3, -0.25) is 14.5 Å². The van der Waals surface area contributed by atoms with E-state index in [1.807, 2.05) is 67.6 Å². The molecule has 0 saturated carbocycles. The minimum atomic E-state index is -1.16. The maximum atomic E-state index is 13.3. The summed E-state index contributed by atoms with van der Waals surface area (Å²) in [5.74, 6) is 0.334. The van der Waals surface area contributed by atoms with Crippen molar-refractivity contribution in [2.24, 2.45) is 0 Å². The van der Waals surface area contributed by atoms with Gasteiger partial charge in [0.1, 0.15) is 23.6 Å². The molecule has 7 heteroatoms. The highest BCUT2D eigenvalue weighted by molar-refractivity contribution is 6.10. The van der Waals surface area contributed by atoms with E-state index >= 15 is 0 Å². The van der Waals surface area contributed by atoms with Crippen molar-refractivity contribution in [1.29, 1.82) is 0 Å². The topological polar surface area (TPSA) is 87.7 Å². The molecule has 4 amide bonds. The third kappa shape index (κ3) is 4.72. The number of para-hydroxylation sites is 1. The lowest BCUT2D eigenvalue weighted by molar-refractivity contribution is -0.134. The molecule has 1 saturated heterocycles. The molecular formula is C26H25N3O4. The second kappa shape index (κ2) is 9.56. The standard InChI is InChI=1S/C26H25N3O4/c1-2-16-26(19-10-5-3-6-11-19)24(31)29(25(32)28-26)18-23(30)27-20-12-9-15-22(17-20)33-21-13-7-4-8-14-21/h3-15,17H,2,16,18H2,1H3,(H,27,30)(H,28,32)/t26-/m0/s1. The molecule has 168 valence electrons. The maximum absolute atomic E-state index is 13.3. The first-order valence-electron chi connectivity index (χ1n) is 10.8. The highest BCUT2D eigenvalue weighted by Gasteiger charge is 2.52. The van der Waals surface area contributed by atoms with Gasteiger partial charge in [0, 0.05) is 11.8 Å². The molecule has 1 aliphatic heterocycles. The molecule has 1 fully saturated rings. The molecule has 1 aliphatic rings. The summed E-state index contributed by atoms with van der Waals surface area (Å²) in [5.41, 5.74) is 0.0545. The van der Waals surface area contributed by atoms with E-state index in [4.69, 9.17) is 4.74 Å². The summed E-state index contributed by atoms with van der Waals surface area (Å²) >= 11 is 0. The van der Waals surface area contributed by atoms with E-state index < -0.39 is 23.4 Å². The number of urea groups is 1. The number of hydrogen-bond acceptors (Lipinski definition) is 4. The van der Waals surface area contributed by atoms with Crippen molar-refractivity contribution in [1.82, 2.24) is 10.2 Å². The third-order valence-electron chi connectivity index (χ3n) is 5.47. The van der Waals surface area contributed by atoms with E-state index in [1.165, 1.54) is 0 Å². The number of benzene rings is 3. The molecule has 7 nitrogen and oxygen atoms in total. The molecule has 0 aliphatic carbocycles. The average Bonchev–Trinajstić information content (AvgIpc) is 3.06. The Balaban J connectivity index is 1.46. The molecule has 0 spiro atoms. The van der Waals surface area contributed by atoms with Crippen LogP contribution in [0.5, 0.6) is 11.5 Å². The van der Waals surface area contributed by atoms with Crippen LogP contribution in [0.1, 0.15) is 25.3 Å². The number of nitrogens with one attached hydrogen (secondary N) is 2. The van der Waals surface area contributed by atoms with Crippen molar-refractivity contribution in [3.05, 3.63) is 90.5 Å². The second-order valence-corrected chi connectivity index (χ2v) is 7.83. The second-order valence-electron chi connectivity index (χ2n) is 7.83. The Morgan fingerprint density at radius 2 is 1.61 bits per heavy atom. The number of hydrogen-bond donors (Lipinski definition) is 2. The van der Waals surface area contributed by atoms with Gasteiger partial charge in [0.2, 0.25) is 5.91 Å². The molecule has 1 heterocycles. The average molecular weight is 444 g/mol. The number of carbonyl (C=O) groups excluding carboxylic acids is 3. The molecule has 33 heavy (non-hydrogen) atoms. The first-order valence-corrected chi connectivity index (χ1v) is 10.8. The van der Waals surface area contributed by atoms with Gasteiger partial charge >= 0.3 is 6.03 Å². The predicted octanol–water partition coefficient (Wildman–Crippen LogP) is 4.66. The number of rotatable bonds is 8. The Bertz CT molecular complexity index is 1150. The van der Waals surface area contributed by atoms with Gasteiger partial charge in [-0.25, -0.2) is 4.79 Å². The van der Waals surface area contributed by atoms with Crippen LogP contribution in [0.3, 0.4) is 0 Å². The van der Waals surface area contributed by atoms with Crippen molar-refractivity contribution in [3.63, 3.8) is 0 Å². The van der Waals surface area contributed by atoms with Gasteiger partial charge in [-0.2, -0.15) is 0 Å². The third-order valence-corrected chi connectivity index (χ3v) is 5.47. The van der Waals surface area contributed by atoms with E-state index in [1.54, 1.807) is 24.3 Å². The van der Waals surface area contributed by atoms with Crippen LogP contribution in [0.15, 0.2) is 84.9 Å². The Morgan fingerprint density at radius 3 is 2.30 bits per heavy atom. The van der Waals surface area contributed by atoms with Crippen LogP contribution in [0, 0.1) is 0 Å². The fourth-order valence-corrected chi connectivity index (χ4v) is 3.98. The number of nitrogens with zero attached hydrogens (tertiary/aromatic N) is 1. The van der Waals surface area contributed by atoms with Crippen LogP contribution < -0.4 is 15.4 Å². The first-order chi connectivity index (χ1) is 16.0.